The van der Waals surface area contributed by atoms with Crippen molar-refractivity contribution in [1.82, 2.24) is 20.1 Å². The summed E-state index contributed by atoms with van der Waals surface area (Å²) in [5.41, 5.74) is 4.62. The van der Waals surface area contributed by atoms with Crippen LogP contribution >= 0.6 is 12.2 Å². The second-order valence-electron chi connectivity index (χ2n) is 8.75. The molecule has 2 aromatic heterocycles. The Morgan fingerprint density at radius 1 is 1.15 bits per heavy atom. The maximum atomic E-state index is 12.7. The number of nitrogens with one attached hydrogen (secondary N) is 2. The van der Waals surface area contributed by atoms with Gasteiger partial charge < -0.3 is 15.4 Å². The van der Waals surface area contributed by atoms with E-state index in [4.69, 9.17) is 21.9 Å². The van der Waals surface area contributed by atoms with Crippen LogP contribution in [0.25, 0.3) is 16.7 Å². The Kier molecular flexibility index (Phi) is 6.93. The van der Waals surface area contributed by atoms with E-state index in [9.17, 15) is 4.79 Å². The Hall–Kier alpha value is -3.00. The van der Waals surface area contributed by atoms with Crippen molar-refractivity contribution in [3.05, 3.63) is 46.6 Å². The van der Waals surface area contributed by atoms with Gasteiger partial charge in [0.05, 0.1) is 18.3 Å². The Labute approximate surface area is 199 Å². The molecule has 0 atom stereocenters. The maximum Gasteiger partial charge on any atom is 0.343 e. The molecule has 1 saturated carbocycles. The van der Waals surface area contributed by atoms with E-state index in [0.29, 0.717) is 28.4 Å². The second-order valence-corrected chi connectivity index (χ2v) is 9.16. The van der Waals surface area contributed by atoms with Crippen LogP contribution in [0, 0.1) is 20.8 Å². The average molecular weight is 466 g/mol. The van der Waals surface area contributed by atoms with E-state index in [1.807, 2.05) is 6.07 Å². The number of benzene rings is 1. The van der Waals surface area contributed by atoms with E-state index in [1.165, 1.54) is 31.0 Å². The van der Waals surface area contributed by atoms with E-state index in [0.717, 1.165) is 34.9 Å². The first kappa shape index (κ1) is 23.2. The van der Waals surface area contributed by atoms with Crippen molar-refractivity contribution in [2.24, 2.45) is 0 Å². The maximum absolute atomic E-state index is 12.7. The van der Waals surface area contributed by atoms with E-state index in [-0.39, 0.29) is 6.61 Å². The lowest BCUT2D eigenvalue weighted by Crippen LogP contribution is -2.39. The van der Waals surface area contributed by atoms with Crippen LogP contribution in [-0.4, -0.2) is 38.5 Å². The van der Waals surface area contributed by atoms with Crippen LogP contribution < -0.4 is 10.6 Å². The van der Waals surface area contributed by atoms with Crippen LogP contribution in [0.15, 0.2) is 24.4 Å². The molecule has 8 heteroatoms. The lowest BCUT2D eigenvalue weighted by molar-refractivity contribution is 0.0527. The van der Waals surface area contributed by atoms with E-state index < -0.39 is 5.97 Å². The molecule has 1 aliphatic rings. The predicted octanol–water partition coefficient (Wildman–Crippen LogP) is 5.14. The van der Waals surface area contributed by atoms with Crippen LogP contribution in [0.4, 0.5) is 5.82 Å². The minimum atomic E-state index is -0.448. The molecule has 2 heterocycles. The summed E-state index contributed by atoms with van der Waals surface area (Å²) >= 11 is 5.61. The summed E-state index contributed by atoms with van der Waals surface area (Å²) in [5, 5.41) is 12.7. The zero-order valence-corrected chi connectivity index (χ0v) is 20.5. The molecule has 7 nitrogen and oxygen atoms in total. The number of aromatic nitrogens is 3. The molecule has 1 aliphatic carbocycles. The van der Waals surface area contributed by atoms with Crippen LogP contribution in [-0.2, 0) is 4.74 Å². The van der Waals surface area contributed by atoms with Crippen molar-refractivity contribution < 1.29 is 9.53 Å². The highest BCUT2D eigenvalue weighted by Crippen LogP contribution is 2.27. The lowest BCUT2D eigenvalue weighted by Gasteiger charge is -2.24. The molecule has 0 bridgehead atoms. The third kappa shape index (κ3) is 5.00. The van der Waals surface area contributed by atoms with E-state index in [1.54, 1.807) is 11.6 Å². The Bertz CT molecular complexity index is 1200. The van der Waals surface area contributed by atoms with Gasteiger partial charge >= 0.3 is 5.97 Å². The highest BCUT2D eigenvalue weighted by molar-refractivity contribution is 7.80. The number of aryl methyl sites for hydroxylation is 3. The molecular formula is C25H31N5O2S. The number of ether oxygens (including phenoxy) is 1. The fraction of sp³-hybridized carbons (Fsp3) is 0.440. The first-order chi connectivity index (χ1) is 15.9. The van der Waals surface area contributed by atoms with Gasteiger partial charge in [0.2, 0.25) is 0 Å². The molecule has 0 aliphatic heterocycles. The zero-order valence-electron chi connectivity index (χ0n) is 19.7. The average Bonchev–Trinajstić information content (AvgIpc) is 3.18. The predicted molar refractivity (Wildman–Crippen MR) is 135 cm³/mol. The van der Waals surface area contributed by atoms with Gasteiger partial charge in [-0.3, -0.25) is 0 Å². The standard InChI is InChI=1S/C25H31N5O2S/c1-5-32-24(31)20-14-26-30(23(20)29-25(33)27-18-9-7-6-8-10-18)21-13-16(3)19-12-15(2)11-17(4)22(19)28-21/h11-14,18H,5-10H2,1-4H3,(H2,27,29,33). The van der Waals surface area contributed by atoms with Crippen molar-refractivity contribution in [3.63, 3.8) is 0 Å². The molecular weight excluding hydrogens is 434 g/mol. The van der Waals surface area contributed by atoms with Crippen molar-refractivity contribution in [2.75, 3.05) is 11.9 Å². The summed E-state index contributed by atoms with van der Waals surface area (Å²) in [5.74, 6) is 0.624. The Morgan fingerprint density at radius 2 is 1.91 bits per heavy atom. The van der Waals surface area contributed by atoms with Crippen molar-refractivity contribution in [2.45, 2.75) is 65.8 Å². The molecule has 0 radical (unpaired) electrons. The van der Waals surface area contributed by atoms with Gasteiger partial charge in [-0.15, -0.1) is 0 Å². The van der Waals surface area contributed by atoms with E-state index in [2.05, 4.69) is 48.6 Å². The lowest BCUT2D eigenvalue weighted by atomic mass is 9.96. The van der Waals surface area contributed by atoms with Crippen LogP contribution in [0.1, 0.15) is 66.1 Å². The molecule has 0 unspecified atom stereocenters. The number of fused-ring (bicyclic) bond motifs is 1. The number of carbonyl (C=O) groups excluding carboxylic acids is 1. The number of esters is 1. The van der Waals surface area contributed by atoms with Gasteiger partial charge in [0.1, 0.15) is 5.56 Å². The summed E-state index contributed by atoms with van der Waals surface area (Å²) in [7, 11) is 0. The topological polar surface area (TPSA) is 81.1 Å². The normalized spacial score (nSPS) is 14.3. The van der Waals surface area contributed by atoms with Crippen LogP contribution in [0.2, 0.25) is 0 Å². The molecule has 33 heavy (non-hydrogen) atoms. The third-order valence-electron chi connectivity index (χ3n) is 6.10. The number of nitrogens with zero attached hydrogens (tertiary/aromatic N) is 3. The smallest absolute Gasteiger partial charge is 0.343 e. The summed E-state index contributed by atoms with van der Waals surface area (Å²) in [6, 6.07) is 6.58. The number of thiocarbonyl (C=S) groups is 1. The van der Waals surface area contributed by atoms with Gasteiger partial charge in [-0.25, -0.2) is 9.78 Å². The molecule has 1 fully saturated rings. The molecule has 0 amide bonds. The summed E-state index contributed by atoms with van der Waals surface area (Å²) in [6.45, 7) is 8.26. The van der Waals surface area contributed by atoms with Crippen LogP contribution in [0.3, 0.4) is 0 Å². The zero-order chi connectivity index (χ0) is 23.5. The molecule has 174 valence electrons. The first-order valence-electron chi connectivity index (χ1n) is 11.6. The Morgan fingerprint density at radius 3 is 2.64 bits per heavy atom. The second kappa shape index (κ2) is 9.87. The summed E-state index contributed by atoms with van der Waals surface area (Å²) < 4.78 is 6.89. The number of carbonyl (C=O) groups is 1. The quantitative estimate of drug-likeness (QED) is 0.399. The molecule has 3 aromatic rings. The minimum absolute atomic E-state index is 0.278. The molecule has 0 saturated heterocycles. The number of rotatable bonds is 5. The van der Waals surface area contributed by atoms with Gasteiger partial charge in [-0.1, -0.05) is 30.9 Å². The largest absolute Gasteiger partial charge is 0.462 e. The highest BCUT2D eigenvalue weighted by Gasteiger charge is 2.23. The third-order valence-corrected chi connectivity index (χ3v) is 6.32. The Balaban J connectivity index is 1.73. The fourth-order valence-electron chi connectivity index (χ4n) is 4.51. The monoisotopic (exact) mass is 465 g/mol. The summed E-state index contributed by atoms with van der Waals surface area (Å²) in [6.07, 6.45) is 7.36. The number of hydrogen-bond donors (Lipinski definition) is 2. The number of anilines is 1. The van der Waals surface area contributed by atoms with Gasteiger partial charge in [0.15, 0.2) is 16.7 Å². The van der Waals surface area contributed by atoms with Gasteiger partial charge in [0, 0.05) is 11.4 Å². The molecule has 4 rings (SSSR count). The fourth-order valence-corrected chi connectivity index (χ4v) is 4.78. The first-order valence-corrected chi connectivity index (χ1v) is 12.0. The van der Waals surface area contributed by atoms with E-state index >= 15 is 0 Å². The van der Waals surface area contributed by atoms with Gasteiger partial charge in [-0.2, -0.15) is 9.78 Å². The van der Waals surface area contributed by atoms with Crippen LogP contribution in [0.5, 0.6) is 0 Å². The molecule has 2 N–H and O–H groups in total. The summed E-state index contributed by atoms with van der Waals surface area (Å²) in [4.78, 5) is 17.5. The molecule has 1 aromatic carbocycles. The molecule has 0 spiro atoms. The number of pyridine rings is 1. The minimum Gasteiger partial charge on any atom is -0.462 e. The SMILES string of the molecule is CCOC(=O)c1cnn(-c2cc(C)c3cc(C)cc(C)c3n2)c1NC(=S)NC1CCCCC1. The van der Waals surface area contributed by atoms with Gasteiger partial charge in [-0.05, 0) is 76.0 Å². The van der Waals surface area contributed by atoms with Crippen molar-refractivity contribution in [1.29, 1.82) is 0 Å². The van der Waals surface area contributed by atoms with Gasteiger partial charge in [0.25, 0.3) is 0 Å². The van der Waals surface area contributed by atoms with Crippen molar-refractivity contribution in [3.8, 4) is 5.82 Å². The number of hydrogen-bond acceptors (Lipinski definition) is 5. The highest BCUT2D eigenvalue weighted by atomic mass is 32.1. The van der Waals surface area contributed by atoms with Crippen molar-refractivity contribution >= 4 is 40.0 Å².